The molecular formula is C11H8ClF2N3O3. The smallest absolute Gasteiger partial charge is 0.387 e. The van der Waals surface area contributed by atoms with Crippen LogP contribution < -0.4 is 10.1 Å². The van der Waals surface area contributed by atoms with E-state index in [1.165, 1.54) is 18.2 Å². The van der Waals surface area contributed by atoms with Gasteiger partial charge in [0.2, 0.25) is 5.82 Å². The average molecular weight is 304 g/mol. The van der Waals surface area contributed by atoms with Crippen LogP contribution >= 0.6 is 11.6 Å². The molecular weight excluding hydrogens is 296 g/mol. The highest BCUT2D eigenvalue weighted by atomic mass is 35.5. The zero-order valence-corrected chi connectivity index (χ0v) is 10.8. The SMILES string of the molecule is Cc1nonc1NC(=O)c1cc(Cl)ccc1OC(F)F. The number of nitrogens with zero attached hydrogens (tertiary/aromatic N) is 2. The Hall–Kier alpha value is -2.22. The summed E-state index contributed by atoms with van der Waals surface area (Å²) in [6.45, 7) is -1.50. The fraction of sp³-hybridized carbons (Fsp3) is 0.182. The first-order valence-corrected chi connectivity index (χ1v) is 5.70. The van der Waals surface area contributed by atoms with Crippen LogP contribution in [0.15, 0.2) is 22.8 Å². The van der Waals surface area contributed by atoms with E-state index in [1.807, 2.05) is 0 Å². The number of aromatic nitrogens is 2. The van der Waals surface area contributed by atoms with Crippen molar-refractivity contribution in [2.75, 3.05) is 5.32 Å². The monoisotopic (exact) mass is 303 g/mol. The third-order valence-corrected chi connectivity index (χ3v) is 2.52. The van der Waals surface area contributed by atoms with E-state index in [0.29, 0.717) is 5.69 Å². The summed E-state index contributed by atoms with van der Waals surface area (Å²) in [5.41, 5.74) is 0.192. The van der Waals surface area contributed by atoms with E-state index < -0.39 is 12.5 Å². The van der Waals surface area contributed by atoms with Crippen molar-refractivity contribution in [1.29, 1.82) is 0 Å². The summed E-state index contributed by atoms with van der Waals surface area (Å²) >= 11 is 5.74. The second kappa shape index (κ2) is 5.83. The Kier molecular flexibility index (Phi) is 4.14. The van der Waals surface area contributed by atoms with Crippen LogP contribution in [0.5, 0.6) is 5.75 Å². The molecule has 1 aromatic carbocycles. The van der Waals surface area contributed by atoms with E-state index in [2.05, 4.69) is 25.0 Å². The van der Waals surface area contributed by atoms with Crippen molar-refractivity contribution in [2.24, 2.45) is 0 Å². The highest BCUT2D eigenvalue weighted by Crippen LogP contribution is 2.25. The lowest BCUT2D eigenvalue weighted by Gasteiger charge is -2.10. The van der Waals surface area contributed by atoms with Crippen molar-refractivity contribution in [3.8, 4) is 5.75 Å². The molecule has 0 saturated carbocycles. The largest absolute Gasteiger partial charge is 0.434 e. The quantitative estimate of drug-likeness (QED) is 0.939. The molecule has 20 heavy (non-hydrogen) atoms. The van der Waals surface area contributed by atoms with Crippen LogP contribution in [0.3, 0.4) is 0 Å². The highest BCUT2D eigenvalue weighted by molar-refractivity contribution is 6.31. The number of hydrogen-bond donors (Lipinski definition) is 1. The Morgan fingerprint density at radius 3 is 2.80 bits per heavy atom. The predicted octanol–water partition coefficient (Wildman–Crippen LogP) is 2.89. The number of aryl methyl sites for hydroxylation is 1. The van der Waals surface area contributed by atoms with E-state index >= 15 is 0 Å². The molecule has 0 unspecified atom stereocenters. The summed E-state index contributed by atoms with van der Waals surface area (Å²) in [4.78, 5) is 12.0. The fourth-order valence-electron chi connectivity index (χ4n) is 1.40. The number of benzene rings is 1. The number of rotatable bonds is 4. The molecule has 0 spiro atoms. The van der Waals surface area contributed by atoms with Gasteiger partial charge in [0.15, 0.2) is 0 Å². The standard InChI is InChI=1S/C11H8ClF2N3O3/c1-5-9(17-20-16-5)15-10(18)7-4-6(12)2-3-8(7)19-11(13)14/h2-4,11H,1H3,(H,15,17,18). The number of hydrogen-bond acceptors (Lipinski definition) is 5. The molecule has 106 valence electrons. The van der Waals surface area contributed by atoms with Crippen molar-refractivity contribution in [3.05, 3.63) is 34.5 Å². The maximum Gasteiger partial charge on any atom is 0.387 e. The summed E-state index contributed by atoms with van der Waals surface area (Å²) in [6, 6.07) is 3.72. The van der Waals surface area contributed by atoms with Gasteiger partial charge in [0.25, 0.3) is 5.91 Å². The molecule has 0 fully saturated rings. The lowest BCUT2D eigenvalue weighted by Crippen LogP contribution is -2.15. The molecule has 1 amide bonds. The number of anilines is 1. The van der Waals surface area contributed by atoms with Gasteiger partial charge in [0.1, 0.15) is 11.4 Å². The van der Waals surface area contributed by atoms with Gasteiger partial charge >= 0.3 is 6.61 Å². The van der Waals surface area contributed by atoms with E-state index in [0.717, 1.165) is 0 Å². The topological polar surface area (TPSA) is 77.3 Å². The molecule has 1 N–H and O–H groups in total. The Balaban J connectivity index is 2.28. The van der Waals surface area contributed by atoms with Crippen molar-refractivity contribution < 1.29 is 22.9 Å². The minimum absolute atomic E-state index is 0.0815. The molecule has 6 nitrogen and oxygen atoms in total. The van der Waals surface area contributed by atoms with Gasteiger partial charge in [-0.05, 0) is 30.3 Å². The van der Waals surface area contributed by atoms with Crippen molar-refractivity contribution in [3.63, 3.8) is 0 Å². The summed E-state index contributed by atoms with van der Waals surface area (Å²) in [6.07, 6.45) is 0. The molecule has 9 heteroatoms. The minimum Gasteiger partial charge on any atom is -0.434 e. The lowest BCUT2D eigenvalue weighted by atomic mass is 10.2. The van der Waals surface area contributed by atoms with Gasteiger partial charge in [-0.3, -0.25) is 4.79 Å². The van der Waals surface area contributed by atoms with Crippen LogP contribution in [0.1, 0.15) is 16.1 Å². The van der Waals surface area contributed by atoms with Crippen LogP contribution in [0, 0.1) is 6.92 Å². The van der Waals surface area contributed by atoms with E-state index in [1.54, 1.807) is 6.92 Å². The summed E-state index contributed by atoms with van der Waals surface area (Å²) in [5.74, 6) is -0.934. The van der Waals surface area contributed by atoms with Crippen LogP contribution in [-0.4, -0.2) is 22.8 Å². The number of nitrogens with one attached hydrogen (secondary N) is 1. The third-order valence-electron chi connectivity index (χ3n) is 2.29. The molecule has 0 aliphatic heterocycles. The Morgan fingerprint density at radius 2 is 2.20 bits per heavy atom. The van der Waals surface area contributed by atoms with Crippen molar-refractivity contribution in [2.45, 2.75) is 13.5 Å². The minimum atomic E-state index is -3.06. The Bertz CT molecular complexity index is 633. The molecule has 0 bridgehead atoms. The molecule has 0 aliphatic carbocycles. The zero-order chi connectivity index (χ0) is 14.7. The van der Waals surface area contributed by atoms with Crippen LogP contribution in [0.25, 0.3) is 0 Å². The van der Waals surface area contributed by atoms with E-state index in [-0.39, 0.29) is 22.2 Å². The number of amides is 1. The van der Waals surface area contributed by atoms with Crippen LogP contribution in [-0.2, 0) is 0 Å². The van der Waals surface area contributed by atoms with Crippen molar-refractivity contribution >= 4 is 23.3 Å². The third kappa shape index (κ3) is 3.21. The van der Waals surface area contributed by atoms with Gasteiger partial charge in [-0.15, -0.1) is 0 Å². The molecule has 0 atom stereocenters. The van der Waals surface area contributed by atoms with Gasteiger partial charge in [-0.2, -0.15) is 8.78 Å². The fourth-order valence-corrected chi connectivity index (χ4v) is 1.57. The molecule has 0 radical (unpaired) electrons. The van der Waals surface area contributed by atoms with E-state index in [9.17, 15) is 13.6 Å². The molecule has 2 aromatic rings. The van der Waals surface area contributed by atoms with Gasteiger partial charge in [-0.1, -0.05) is 16.8 Å². The second-order valence-corrected chi connectivity index (χ2v) is 4.11. The number of ether oxygens (including phenoxy) is 1. The number of carbonyl (C=O) groups excluding carboxylic acids is 1. The average Bonchev–Trinajstić information content (AvgIpc) is 2.76. The molecule has 2 rings (SSSR count). The molecule has 0 saturated heterocycles. The molecule has 1 heterocycles. The van der Waals surface area contributed by atoms with Gasteiger partial charge in [0.05, 0.1) is 5.56 Å². The first-order chi connectivity index (χ1) is 9.47. The molecule has 1 aromatic heterocycles. The van der Waals surface area contributed by atoms with Crippen LogP contribution in [0.2, 0.25) is 5.02 Å². The summed E-state index contributed by atoms with van der Waals surface area (Å²) in [5, 5.41) is 9.49. The Morgan fingerprint density at radius 1 is 1.45 bits per heavy atom. The first kappa shape index (κ1) is 14.2. The van der Waals surface area contributed by atoms with Crippen molar-refractivity contribution in [1.82, 2.24) is 10.3 Å². The lowest BCUT2D eigenvalue weighted by molar-refractivity contribution is -0.0501. The zero-order valence-electron chi connectivity index (χ0n) is 10.1. The van der Waals surface area contributed by atoms with Crippen LogP contribution in [0.4, 0.5) is 14.6 Å². The van der Waals surface area contributed by atoms with Gasteiger partial charge < -0.3 is 10.1 Å². The summed E-state index contributed by atoms with van der Waals surface area (Å²) < 4.78 is 33.2. The van der Waals surface area contributed by atoms with Gasteiger partial charge in [-0.25, -0.2) is 4.63 Å². The van der Waals surface area contributed by atoms with E-state index in [4.69, 9.17) is 11.6 Å². The number of alkyl halides is 2. The Labute approximate surface area is 116 Å². The maximum atomic E-state index is 12.3. The maximum absolute atomic E-state index is 12.3. The predicted molar refractivity (Wildman–Crippen MR) is 65.1 cm³/mol. The highest BCUT2D eigenvalue weighted by Gasteiger charge is 2.18. The second-order valence-electron chi connectivity index (χ2n) is 3.67. The number of carbonyl (C=O) groups is 1. The van der Waals surface area contributed by atoms with Gasteiger partial charge in [0, 0.05) is 5.02 Å². The number of halogens is 3. The first-order valence-electron chi connectivity index (χ1n) is 5.32. The molecule has 0 aliphatic rings. The normalized spacial score (nSPS) is 10.7. The summed E-state index contributed by atoms with van der Waals surface area (Å²) in [7, 11) is 0.